The van der Waals surface area contributed by atoms with Crippen molar-refractivity contribution in [3.63, 3.8) is 0 Å². The molecule has 112 valence electrons. The summed E-state index contributed by atoms with van der Waals surface area (Å²) in [5, 5.41) is 0. The average molecular weight is 274 g/mol. The molecule has 0 amide bonds. The highest BCUT2D eigenvalue weighted by molar-refractivity contribution is 5.87. The molecule has 1 nitrogen and oxygen atoms in total. The summed E-state index contributed by atoms with van der Waals surface area (Å²) in [6.07, 6.45) is 9.22. The van der Waals surface area contributed by atoms with Crippen LogP contribution in [0.3, 0.4) is 0 Å². The SMILES string of the molecule is C[C@H]1CCC2[C@@]3(C)CCC4C[C@@]4(C)C3CC[C@@]2(C)C1=O. The number of rotatable bonds is 0. The van der Waals surface area contributed by atoms with Crippen LogP contribution < -0.4 is 0 Å². The number of ketones is 1. The van der Waals surface area contributed by atoms with E-state index in [0.29, 0.717) is 28.4 Å². The van der Waals surface area contributed by atoms with Crippen LogP contribution in [0.2, 0.25) is 0 Å². The predicted molar refractivity (Wildman–Crippen MR) is 81.3 cm³/mol. The molecule has 0 radical (unpaired) electrons. The number of Topliss-reactive ketones (excluding diaryl/α,β-unsaturated/α-hetero) is 1. The van der Waals surface area contributed by atoms with Gasteiger partial charge >= 0.3 is 0 Å². The monoisotopic (exact) mass is 274 g/mol. The summed E-state index contributed by atoms with van der Waals surface area (Å²) in [6, 6.07) is 0. The minimum absolute atomic E-state index is 0.000995. The van der Waals surface area contributed by atoms with E-state index < -0.39 is 0 Å². The first-order valence-corrected chi connectivity index (χ1v) is 8.87. The van der Waals surface area contributed by atoms with E-state index in [1.54, 1.807) is 0 Å². The molecule has 0 N–H and O–H groups in total. The highest BCUT2D eigenvalue weighted by atomic mass is 16.1. The first kappa shape index (κ1) is 13.3. The van der Waals surface area contributed by atoms with Crippen molar-refractivity contribution in [3.8, 4) is 0 Å². The Labute approximate surface area is 123 Å². The summed E-state index contributed by atoms with van der Waals surface area (Å²) in [5.41, 5.74) is 1.09. The van der Waals surface area contributed by atoms with Gasteiger partial charge in [0.15, 0.2) is 0 Å². The Balaban J connectivity index is 1.74. The molecule has 1 heteroatoms. The molecule has 20 heavy (non-hydrogen) atoms. The van der Waals surface area contributed by atoms with Gasteiger partial charge in [-0.05, 0) is 73.5 Å². The van der Waals surface area contributed by atoms with Crippen LogP contribution in [0.1, 0.15) is 72.6 Å². The van der Waals surface area contributed by atoms with Crippen molar-refractivity contribution in [2.45, 2.75) is 72.6 Å². The first-order chi connectivity index (χ1) is 9.32. The average Bonchev–Trinajstić information content (AvgIpc) is 3.06. The summed E-state index contributed by atoms with van der Waals surface area (Å²) in [5.74, 6) is 3.48. The second kappa shape index (κ2) is 3.70. The summed E-state index contributed by atoms with van der Waals surface area (Å²) in [6.45, 7) is 9.59. The van der Waals surface area contributed by atoms with E-state index in [-0.39, 0.29) is 5.41 Å². The molecule has 4 rings (SSSR count). The maximum absolute atomic E-state index is 12.9. The van der Waals surface area contributed by atoms with Crippen LogP contribution in [-0.2, 0) is 4.79 Å². The van der Waals surface area contributed by atoms with Crippen molar-refractivity contribution in [2.75, 3.05) is 0 Å². The van der Waals surface area contributed by atoms with E-state index in [9.17, 15) is 4.79 Å². The maximum atomic E-state index is 12.9. The van der Waals surface area contributed by atoms with Crippen LogP contribution >= 0.6 is 0 Å². The Bertz CT molecular complexity index is 468. The van der Waals surface area contributed by atoms with Crippen molar-refractivity contribution in [2.24, 2.45) is 39.9 Å². The molecule has 4 saturated carbocycles. The van der Waals surface area contributed by atoms with Crippen molar-refractivity contribution >= 4 is 5.78 Å². The summed E-state index contributed by atoms with van der Waals surface area (Å²) in [4.78, 5) is 12.9. The van der Waals surface area contributed by atoms with Crippen LogP contribution in [0, 0.1) is 39.9 Å². The molecule has 0 bridgehead atoms. The van der Waals surface area contributed by atoms with Gasteiger partial charge in [0.1, 0.15) is 5.78 Å². The number of hydrogen-bond acceptors (Lipinski definition) is 1. The van der Waals surface area contributed by atoms with E-state index in [4.69, 9.17) is 0 Å². The third kappa shape index (κ3) is 1.38. The van der Waals surface area contributed by atoms with Crippen LogP contribution in [-0.4, -0.2) is 5.78 Å². The lowest BCUT2D eigenvalue weighted by atomic mass is 9.42. The summed E-state index contributed by atoms with van der Waals surface area (Å²) >= 11 is 0. The zero-order chi connectivity index (χ0) is 14.3. The van der Waals surface area contributed by atoms with Crippen molar-refractivity contribution < 1.29 is 4.79 Å². The quantitative estimate of drug-likeness (QED) is 0.617. The third-order valence-electron chi connectivity index (χ3n) is 8.50. The number of fused-ring (bicyclic) bond motifs is 5. The number of hydrogen-bond donors (Lipinski definition) is 0. The van der Waals surface area contributed by atoms with Crippen LogP contribution in [0.5, 0.6) is 0 Å². The fourth-order valence-electron chi connectivity index (χ4n) is 7.22. The number of carbonyl (C=O) groups is 1. The van der Waals surface area contributed by atoms with Crippen LogP contribution in [0.25, 0.3) is 0 Å². The molecule has 4 aliphatic carbocycles. The molecule has 0 aromatic carbocycles. The minimum Gasteiger partial charge on any atom is -0.299 e. The topological polar surface area (TPSA) is 17.1 Å². The molecule has 0 spiro atoms. The summed E-state index contributed by atoms with van der Waals surface area (Å²) < 4.78 is 0. The van der Waals surface area contributed by atoms with Gasteiger partial charge in [-0.1, -0.05) is 27.7 Å². The lowest BCUT2D eigenvalue weighted by molar-refractivity contribution is -0.163. The van der Waals surface area contributed by atoms with E-state index in [1.807, 2.05) is 0 Å². The molecule has 0 aliphatic heterocycles. The largest absolute Gasteiger partial charge is 0.299 e. The van der Waals surface area contributed by atoms with E-state index in [0.717, 1.165) is 18.3 Å². The van der Waals surface area contributed by atoms with E-state index in [2.05, 4.69) is 27.7 Å². The van der Waals surface area contributed by atoms with Gasteiger partial charge in [-0.2, -0.15) is 0 Å². The molecule has 7 atom stereocenters. The Kier molecular flexibility index (Phi) is 2.47. The van der Waals surface area contributed by atoms with Gasteiger partial charge in [-0.3, -0.25) is 4.79 Å². The molecule has 3 unspecified atom stereocenters. The lowest BCUT2D eigenvalue weighted by Crippen LogP contribution is -2.58. The highest BCUT2D eigenvalue weighted by Gasteiger charge is 2.68. The number of carbonyl (C=O) groups excluding carboxylic acids is 1. The molecule has 0 aromatic heterocycles. The fraction of sp³-hybridized carbons (Fsp3) is 0.947. The zero-order valence-electron chi connectivity index (χ0n) is 13.7. The fourth-order valence-corrected chi connectivity index (χ4v) is 7.22. The molecule has 0 saturated heterocycles. The Hall–Kier alpha value is -0.330. The van der Waals surface area contributed by atoms with E-state index in [1.165, 1.54) is 38.5 Å². The Morgan fingerprint density at radius 1 is 0.900 bits per heavy atom. The maximum Gasteiger partial charge on any atom is 0.141 e. The molecule has 0 heterocycles. The Morgan fingerprint density at radius 2 is 1.65 bits per heavy atom. The lowest BCUT2D eigenvalue weighted by Gasteiger charge is -2.61. The second-order valence-corrected chi connectivity index (χ2v) is 9.36. The van der Waals surface area contributed by atoms with Gasteiger partial charge < -0.3 is 0 Å². The summed E-state index contributed by atoms with van der Waals surface area (Å²) in [7, 11) is 0. The van der Waals surface area contributed by atoms with Crippen LogP contribution in [0.15, 0.2) is 0 Å². The van der Waals surface area contributed by atoms with Gasteiger partial charge in [-0.25, -0.2) is 0 Å². The highest BCUT2D eigenvalue weighted by Crippen LogP contribution is 2.75. The Morgan fingerprint density at radius 3 is 2.40 bits per heavy atom. The smallest absolute Gasteiger partial charge is 0.141 e. The van der Waals surface area contributed by atoms with Crippen molar-refractivity contribution in [3.05, 3.63) is 0 Å². The van der Waals surface area contributed by atoms with Gasteiger partial charge in [0.05, 0.1) is 0 Å². The molecule has 4 fully saturated rings. The normalized spacial score (nSPS) is 61.3. The van der Waals surface area contributed by atoms with Crippen LogP contribution in [0.4, 0.5) is 0 Å². The van der Waals surface area contributed by atoms with Gasteiger partial charge in [0, 0.05) is 11.3 Å². The van der Waals surface area contributed by atoms with Gasteiger partial charge in [-0.15, -0.1) is 0 Å². The standard InChI is InChI=1S/C19H30O/c1-12-5-6-14-17(2)9-7-13-11-19(13,4)15(17)8-10-18(14,3)16(12)20/h12-15H,5-11H2,1-4H3/t12-,13?,14?,15?,17+,18+,19+/m0/s1. The molecular formula is C19H30O. The molecular weight excluding hydrogens is 244 g/mol. The van der Waals surface area contributed by atoms with Crippen molar-refractivity contribution in [1.29, 1.82) is 0 Å². The third-order valence-corrected chi connectivity index (χ3v) is 8.50. The van der Waals surface area contributed by atoms with E-state index >= 15 is 0 Å². The second-order valence-electron chi connectivity index (χ2n) is 9.36. The first-order valence-electron chi connectivity index (χ1n) is 8.87. The van der Waals surface area contributed by atoms with Crippen molar-refractivity contribution in [1.82, 2.24) is 0 Å². The minimum atomic E-state index is 0.000995. The van der Waals surface area contributed by atoms with Gasteiger partial charge in [0.2, 0.25) is 0 Å². The predicted octanol–water partition coefficient (Wildman–Crippen LogP) is 4.84. The molecule has 4 aliphatic rings. The molecule has 0 aromatic rings. The van der Waals surface area contributed by atoms with Gasteiger partial charge in [0.25, 0.3) is 0 Å². The zero-order valence-corrected chi connectivity index (χ0v) is 13.7.